The zero-order valence-corrected chi connectivity index (χ0v) is 6.62. The smallest absolute Gasteiger partial charge is 0.128 e. The topological polar surface area (TPSA) is 24.4 Å². The minimum Gasteiger partial charge on any atom is -0.369 e. The molecule has 0 spiro atoms. The number of allylic oxidation sites excluding steroid dienone is 1. The van der Waals surface area contributed by atoms with Gasteiger partial charge in [0.2, 0.25) is 0 Å². The highest BCUT2D eigenvalue weighted by atomic mass is 15.1. The molecule has 0 aromatic carbocycles. The second-order valence-corrected chi connectivity index (χ2v) is 2.89. The van der Waals surface area contributed by atoms with Crippen molar-refractivity contribution < 1.29 is 1.43 Å². The van der Waals surface area contributed by atoms with E-state index in [0.29, 0.717) is 5.92 Å². The maximum Gasteiger partial charge on any atom is 0.128 e. The Morgan fingerprint density at radius 1 is 1.73 bits per heavy atom. The highest BCUT2D eigenvalue weighted by molar-refractivity contribution is 5.72. The van der Waals surface area contributed by atoms with Crippen LogP contribution in [-0.4, -0.2) is 12.4 Å². The second-order valence-electron chi connectivity index (χ2n) is 2.89. The third-order valence-electron chi connectivity index (χ3n) is 2.27. The summed E-state index contributed by atoms with van der Waals surface area (Å²) in [7, 11) is 0. The molecule has 0 aliphatic carbocycles. The van der Waals surface area contributed by atoms with E-state index in [4.69, 9.17) is 0 Å². The van der Waals surface area contributed by atoms with Crippen LogP contribution in [0.15, 0.2) is 28.9 Å². The lowest BCUT2D eigenvalue weighted by atomic mass is 9.96. The lowest BCUT2D eigenvalue weighted by Crippen LogP contribution is -2.25. The molecule has 0 aromatic heterocycles. The minimum absolute atomic E-state index is 0. The number of hydrogen-bond acceptors (Lipinski definition) is 2. The average molecular weight is 150 g/mol. The SMILES string of the molecule is CCC1=CNC2N=CC=CC12.[HH]. The highest BCUT2D eigenvalue weighted by Crippen LogP contribution is 2.26. The Labute approximate surface area is 68.2 Å². The fraction of sp³-hybridized carbons (Fsp3) is 0.444. The van der Waals surface area contributed by atoms with Gasteiger partial charge in [-0.1, -0.05) is 13.0 Å². The molecule has 2 nitrogen and oxygen atoms in total. The van der Waals surface area contributed by atoms with Crippen molar-refractivity contribution in [3.8, 4) is 0 Å². The summed E-state index contributed by atoms with van der Waals surface area (Å²) in [5.74, 6) is 0.519. The van der Waals surface area contributed by atoms with Crippen LogP contribution < -0.4 is 5.32 Å². The van der Waals surface area contributed by atoms with Crippen LogP contribution in [-0.2, 0) is 0 Å². The molecule has 2 unspecified atom stereocenters. The molecule has 0 saturated heterocycles. The van der Waals surface area contributed by atoms with Crippen LogP contribution in [0.25, 0.3) is 0 Å². The average Bonchev–Trinajstić information content (AvgIpc) is 2.47. The summed E-state index contributed by atoms with van der Waals surface area (Å²) in [6.07, 6.45) is 9.61. The van der Waals surface area contributed by atoms with E-state index in [1.807, 2.05) is 12.3 Å². The number of rotatable bonds is 1. The summed E-state index contributed by atoms with van der Waals surface area (Å²) in [5, 5.41) is 3.25. The number of hydrogen-bond donors (Lipinski definition) is 1. The van der Waals surface area contributed by atoms with Gasteiger partial charge in [-0.2, -0.15) is 0 Å². The van der Waals surface area contributed by atoms with Gasteiger partial charge >= 0.3 is 0 Å². The molecule has 0 radical (unpaired) electrons. The van der Waals surface area contributed by atoms with Gasteiger partial charge in [-0.15, -0.1) is 0 Å². The molecule has 2 atom stereocenters. The van der Waals surface area contributed by atoms with E-state index in [0.717, 1.165) is 6.42 Å². The van der Waals surface area contributed by atoms with E-state index in [9.17, 15) is 0 Å². The lowest BCUT2D eigenvalue weighted by Gasteiger charge is -2.17. The van der Waals surface area contributed by atoms with Gasteiger partial charge in [0, 0.05) is 13.6 Å². The third-order valence-corrected chi connectivity index (χ3v) is 2.27. The molecule has 0 saturated carbocycles. The summed E-state index contributed by atoms with van der Waals surface area (Å²) in [5.41, 5.74) is 1.46. The van der Waals surface area contributed by atoms with E-state index in [2.05, 4.69) is 29.5 Å². The minimum atomic E-state index is 0. The molecule has 2 aliphatic rings. The Bertz CT molecular complexity index is 243. The van der Waals surface area contributed by atoms with E-state index < -0.39 is 0 Å². The van der Waals surface area contributed by atoms with Gasteiger partial charge in [0.05, 0.1) is 0 Å². The molecule has 2 aliphatic heterocycles. The molecule has 60 valence electrons. The molecule has 2 heterocycles. The van der Waals surface area contributed by atoms with Crippen molar-refractivity contribution in [1.82, 2.24) is 5.32 Å². The Kier molecular flexibility index (Phi) is 1.53. The van der Waals surface area contributed by atoms with Gasteiger partial charge in [0.15, 0.2) is 0 Å². The first-order valence-corrected chi connectivity index (χ1v) is 4.07. The quantitative estimate of drug-likeness (QED) is 0.604. The molecular weight excluding hydrogens is 136 g/mol. The van der Waals surface area contributed by atoms with Gasteiger partial charge in [-0.25, -0.2) is 0 Å². The molecule has 0 fully saturated rings. The van der Waals surface area contributed by atoms with Gasteiger partial charge in [-0.05, 0) is 24.3 Å². The predicted octanol–water partition coefficient (Wildman–Crippen LogP) is 1.71. The lowest BCUT2D eigenvalue weighted by molar-refractivity contribution is 0.552. The first-order valence-electron chi connectivity index (χ1n) is 4.07. The standard InChI is InChI=1S/C9H12N2.H2/c1-2-7-6-11-9-8(7)4-3-5-10-9;/h3-6,8-9,11H,2H2,1H3;1H. The Hall–Kier alpha value is -1.05. The van der Waals surface area contributed by atoms with Gasteiger partial charge in [0.25, 0.3) is 0 Å². The fourth-order valence-electron chi connectivity index (χ4n) is 1.61. The van der Waals surface area contributed by atoms with Crippen molar-refractivity contribution in [2.45, 2.75) is 19.5 Å². The molecule has 2 heteroatoms. The van der Waals surface area contributed by atoms with E-state index in [1.54, 1.807) is 0 Å². The molecular formula is C9H14N2. The zero-order chi connectivity index (χ0) is 7.68. The number of dihydropyridines is 1. The van der Waals surface area contributed by atoms with Crippen LogP contribution in [0.5, 0.6) is 0 Å². The monoisotopic (exact) mass is 150 g/mol. The molecule has 1 N–H and O–H groups in total. The van der Waals surface area contributed by atoms with Gasteiger partial charge in [0.1, 0.15) is 6.17 Å². The van der Waals surface area contributed by atoms with Crippen LogP contribution in [0, 0.1) is 5.92 Å². The van der Waals surface area contributed by atoms with Crippen molar-refractivity contribution in [3.05, 3.63) is 23.9 Å². The van der Waals surface area contributed by atoms with Crippen molar-refractivity contribution in [1.29, 1.82) is 0 Å². The van der Waals surface area contributed by atoms with E-state index in [1.165, 1.54) is 5.57 Å². The zero-order valence-electron chi connectivity index (χ0n) is 6.62. The normalized spacial score (nSPS) is 33.0. The van der Waals surface area contributed by atoms with Crippen molar-refractivity contribution in [2.24, 2.45) is 10.9 Å². The number of nitrogens with zero attached hydrogens (tertiary/aromatic N) is 1. The van der Waals surface area contributed by atoms with Crippen LogP contribution in [0.3, 0.4) is 0 Å². The van der Waals surface area contributed by atoms with Crippen molar-refractivity contribution >= 4 is 6.21 Å². The summed E-state index contributed by atoms with van der Waals surface area (Å²) in [4.78, 5) is 4.31. The van der Waals surface area contributed by atoms with Crippen LogP contribution in [0.2, 0.25) is 0 Å². The summed E-state index contributed by atoms with van der Waals surface area (Å²) in [6, 6.07) is 0. The number of fused-ring (bicyclic) bond motifs is 1. The summed E-state index contributed by atoms with van der Waals surface area (Å²) in [6.45, 7) is 2.18. The van der Waals surface area contributed by atoms with Gasteiger partial charge in [-0.3, -0.25) is 4.99 Å². The van der Waals surface area contributed by atoms with Crippen molar-refractivity contribution in [3.63, 3.8) is 0 Å². The fourth-order valence-corrected chi connectivity index (χ4v) is 1.61. The second kappa shape index (κ2) is 2.53. The van der Waals surface area contributed by atoms with Crippen LogP contribution in [0.4, 0.5) is 0 Å². The molecule has 0 amide bonds. The first kappa shape index (κ1) is 6.65. The maximum absolute atomic E-state index is 4.31. The number of nitrogens with one attached hydrogen (secondary N) is 1. The van der Waals surface area contributed by atoms with Crippen LogP contribution >= 0.6 is 0 Å². The Morgan fingerprint density at radius 2 is 2.64 bits per heavy atom. The number of aliphatic imine (C=N–C) groups is 1. The highest BCUT2D eigenvalue weighted by Gasteiger charge is 2.26. The van der Waals surface area contributed by atoms with Crippen LogP contribution in [0.1, 0.15) is 14.8 Å². The largest absolute Gasteiger partial charge is 0.369 e. The summed E-state index contributed by atoms with van der Waals surface area (Å²) < 4.78 is 0. The molecule has 11 heavy (non-hydrogen) atoms. The first-order chi connectivity index (χ1) is 5.42. The van der Waals surface area contributed by atoms with Gasteiger partial charge < -0.3 is 5.32 Å². The Balaban J connectivity index is 0.000000720. The van der Waals surface area contributed by atoms with E-state index in [-0.39, 0.29) is 7.59 Å². The van der Waals surface area contributed by atoms with Crippen molar-refractivity contribution in [2.75, 3.05) is 0 Å². The third kappa shape index (κ3) is 0.985. The summed E-state index contributed by atoms with van der Waals surface area (Å²) >= 11 is 0. The molecule has 0 aromatic rings. The predicted molar refractivity (Wildman–Crippen MR) is 48.5 cm³/mol. The molecule has 0 bridgehead atoms. The molecule has 2 rings (SSSR count). The van der Waals surface area contributed by atoms with E-state index >= 15 is 0 Å². The Morgan fingerprint density at radius 3 is 3.45 bits per heavy atom. The maximum atomic E-state index is 4.31.